The van der Waals surface area contributed by atoms with Crippen molar-refractivity contribution < 1.29 is 4.92 Å². The quantitative estimate of drug-likeness (QED) is 0.477. The first-order chi connectivity index (χ1) is 8.32. The molecule has 0 bridgehead atoms. The standard InChI is InChI=1S/C12H20N4O2/c1-8(2)13-6-9(3)7-15-11(5)12(16(17)18)10(4)14-15/h8,13H,3,6-7H2,1-2,4-5H3. The Hall–Kier alpha value is -1.69. The Labute approximate surface area is 107 Å². The molecule has 0 unspecified atom stereocenters. The molecule has 6 nitrogen and oxygen atoms in total. The van der Waals surface area contributed by atoms with Gasteiger partial charge in [-0.3, -0.25) is 14.8 Å². The molecule has 1 N–H and O–H groups in total. The molecule has 18 heavy (non-hydrogen) atoms. The van der Waals surface area contributed by atoms with E-state index in [2.05, 4.69) is 30.8 Å². The molecule has 0 spiro atoms. The van der Waals surface area contributed by atoms with Gasteiger partial charge < -0.3 is 5.32 Å². The molecule has 6 heteroatoms. The number of hydrogen-bond acceptors (Lipinski definition) is 4. The first-order valence-corrected chi connectivity index (χ1v) is 5.91. The maximum absolute atomic E-state index is 10.9. The minimum atomic E-state index is -0.386. The van der Waals surface area contributed by atoms with Gasteiger partial charge in [0.05, 0.1) is 11.5 Å². The van der Waals surface area contributed by atoms with Crippen molar-refractivity contribution >= 4 is 5.69 Å². The summed E-state index contributed by atoms with van der Waals surface area (Å²) in [5.41, 5.74) is 2.06. The lowest BCUT2D eigenvalue weighted by Crippen LogP contribution is -2.26. The van der Waals surface area contributed by atoms with Gasteiger partial charge in [0, 0.05) is 12.6 Å². The lowest BCUT2D eigenvalue weighted by atomic mass is 10.2. The van der Waals surface area contributed by atoms with Crippen LogP contribution in [0.4, 0.5) is 5.69 Å². The van der Waals surface area contributed by atoms with E-state index in [1.165, 1.54) is 0 Å². The highest BCUT2D eigenvalue weighted by Crippen LogP contribution is 2.22. The van der Waals surface area contributed by atoms with E-state index in [0.29, 0.717) is 30.5 Å². The van der Waals surface area contributed by atoms with Crippen molar-refractivity contribution in [2.75, 3.05) is 6.54 Å². The summed E-state index contributed by atoms with van der Waals surface area (Å²) < 4.78 is 1.64. The Morgan fingerprint density at radius 1 is 1.56 bits per heavy atom. The van der Waals surface area contributed by atoms with Gasteiger partial charge in [-0.2, -0.15) is 5.10 Å². The van der Waals surface area contributed by atoms with E-state index in [1.54, 1.807) is 18.5 Å². The van der Waals surface area contributed by atoms with Crippen molar-refractivity contribution in [2.24, 2.45) is 0 Å². The first-order valence-electron chi connectivity index (χ1n) is 5.91. The van der Waals surface area contributed by atoms with Crippen LogP contribution in [0, 0.1) is 24.0 Å². The zero-order valence-electron chi connectivity index (χ0n) is 11.4. The summed E-state index contributed by atoms with van der Waals surface area (Å²) >= 11 is 0. The van der Waals surface area contributed by atoms with Crippen LogP contribution in [0.15, 0.2) is 12.2 Å². The number of hydrogen-bond donors (Lipinski definition) is 1. The average molecular weight is 252 g/mol. The van der Waals surface area contributed by atoms with Crippen molar-refractivity contribution in [3.05, 3.63) is 33.7 Å². The van der Waals surface area contributed by atoms with E-state index >= 15 is 0 Å². The van der Waals surface area contributed by atoms with Crippen LogP contribution in [-0.2, 0) is 6.54 Å². The Morgan fingerprint density at radius 2 is 2.17 bits per heavy atom. The highest BCUT2D eigenvalue weighted by molar-refractivity contribution is 5.39. The number of rotatable bonds is 6. The van der Waals surface area contributed by atoms with E-state index in [4.69, 9.17) is 0 Å². The van der Waals surface area contributed by atoms with Crippen LogP contribution in [0.1, 0.15) is 25.2 Å². The molecular weight excluding hydrogens is 232 g/mol. The van der Waals surface area contributed by atoms with Crippen LogP contribution in [0.2, 0.25) is 0 Å². The van der Waals surface area contributed by atoms with Crippen molar-refractivity contribution in [3.8, 4) is 0 Å². The van der Waals surface area contributed by atoms with E-state index < -0.39 is 0 Å². The molecule has 0 aliphatic carbocycles. The zero-order valence-corrected chi connectivity index (χ0v) is 11.4. The lowest BCUT2D eigenvalue weighted by molar-refractivity contribution is -0.386. The molecule has 0 fully saturated rings. The van der Waals surface area contributed by atoms with Crippen LogP contribution in [0.3, 0.4) is 0 Å². The van der Waals surface area contributed by atoms with Gasteiger partial charge >= 0.3 is 5.69 Å². The van der Waals surface area contributed by atoms with Crippen molar-refractivity contribution in [2.45, 2.75) is 40.3 Å². The first kappa shape index (κ1) is 14.4. The molecule has 0 aromatic carbocycles. The van der Waals surface area contributed by atoms with Gasteiger partial charge in [-0.15, -0.1) is 0 Å². The number of nitrogens with zero attached hydrogens (tertiary/aromatic N) is 3. The van der Waals surface area contributed by atoms with Gasteiger partial charge in [0.25, 0.3) is 0 Å². The smallest absolute Gasteiger partial charge is 0.311 e. The molecule has 0 atom stereocenters. The van der Waals surface area contributed by atoms with Crippen LogP contribution in [0.5, 0.6) is 0 Å². The fourth-order valence-corrected chi connectivity index (χ4v) is 1.72. The summed E-state index contributed by atoms with van der Waals surface area (Å²) in [4.78, 5) is 10.5. The molecule has 1 aromatic heterocycles. The second-order valence-corrected chi connectivity index (χ2v) is 4.72. The van der Waals surface area contributed by atoms with Crippen LogP contribution in [-0.4, -0.2) is 27.3 Å². The topological polar surface area (TPSA) is 73.0 Å². The second-order valence-electron chi connectivity index (χ2n) is 4.72. The maximum atomic E-state index is 10.9. The summed E-state index contributed by atoms with van der Waals surface area (Å²) in [5.74, 6) is 0. The van der Waals surface area contributed by atoms with Gasteiger partial charge in [0.2, 0.25) is 0 Å². The Kier molecular flexibility index (Phi) is 4.61. The third kappa shape index (κ3) is 3.40. The lowest BCUT2D eigenvalue weighted by Gasteiger charge is -2.11. The summed E-state index contributed by atoms with van der Waals surface area (Å²) in [5, 5.41) is 18.3. The Balaban J connectivity index is 2.77. The zero-order chi connectivity index (χ0) is 13.9. The molecule has 0 aliphatic heterocycles. The molecule has 0 aliphatic rings. The minimum Gasteiger partial charge on any atom is -0.311 e. The highest BCUT2D eigenvalue weighted by Gasteiger charge is 2.21. The fourth-order valence-electron chi connectivity index (χ4n) is 1.72. The van der Waals surface area contributed by atoms with Gasteiger partial charge in [0.15, 0.2) is 0 Å². The predicted octanol–water partition coefficient (Wildman–Crippen LogP) is 1.96. The summed E-state index contributed by atoms with van der Waals surface area (Å²) in [6.07, 6.45) is 0. The van der Waals surface area contributed by atoms with E-state index in [9.17, 15) is 10.1 Å². The maximum Gasteiger partial charge on any atom is 0.312 e. The third-order valence-electron chi connectivity index (χ3n) is 2.66. The van der Waals surface area contributed by atoms with Gasteiger partial charge in [-0.05, 0) is 19.4 Å². The monoisotopic (exact) mass is 252 g/mol. The van der Waals surface area contributed by atoms with Crippen molar-refractivity contribution in [1.82, 2.24) is 15.1 Å². The minimum absolute atomic E-state index is 0.0969. The van der Waals surface area contributed by atoms with E-state index in [1.807, 2.05) is 0 Å². The number of aromatic nitrogens is 2. The van der Waals surface area contributed by atoms with Crippen LogP contribution < -0.4 is 5.32 Å². The van der Waals surface area contributed by atoms with Crippen LogP contribution >= 0.6 is 0 Å². The van der Waals surface area contributed by atoms with E-state index in [-0.39, 0.29) is 10.6 Å². The molecule has 1 heterocycles. The molecule has 100 valence electrons. The average Bonchev–Trinajstić information content (AvgIpc) is 2.51. The SMILES string of the molecule is C=C(CNC(C)C)Cn1nc(C)c([N+](=O)[O-])c1C. The molecule has 0 saturated heterocycles. The van der Waals surface area contributed by atoms with Crippen molar-refractivity contribution in [1.29, 1.82) is 0 Å². The normalized spacial score (nSPS) is 10.9. The number of aryl methyl sites for hydroxylation is 1. The molecule has 1 rings (SSSR count). The van der Waals surface area contributed by atoms with E-state index in [0.717, 1.165) is 5.57 Å². The molecule has 1 aromatic rings. The van der Waals surface area contributed by atoms with Gasteiger partial charge in [-0.1, -0.05) is 20.4 Å². The number of nitro groups is 1. The summed E-state index contributed by atoms with van der Waals surface area (Å²) in [6.45, 7) is 12.6. The molecule has 0 amide bonds. The third-order valence-corrected chi connectivity index (χ3v) is 2.66. The van der Waals surface area contributed by atoms with Gasteiger partial charge in [-0.25, -0.2) is 0 Å². The molecule has 0 radical (unpaired) electrons. The fraction of sp³-hybridized carbons (Fsp3) is 0.583. The largest absolute Gasteiger partial charge is 0.312 e. The number of nitrogens with one attached hydrogen (secondary N) is 1. The molecule has 0 saturated carbocycles. The molecular formula is C12H20N4O2. The Bertz CT molecular complexity index is 463. The van der Waals surface area contributed by atoms with Gasteiger partial charge in [0.1, 0.15) is 11.4 Å². The summed E-state index contributed by atoms with van der Waals surface area (Å²) in [6, 6.07) is 0.386. The highest BCUT2D eigenvalue weighted by atomic mass is 16.6. The Morgan fingerprint density at radius 3 is 2.61 bits per heavy atom. The second kappa shape index (κ2) is 5.77. The predicted molar refractivity (Wildman–Crippen MR) is 70.6 cm³/mol. The van der Waals surface area contributed by atoms with Crippen LogP contribution in [0.25, 0.3) is 0 Å². The van der Waals surface area contributed by atoms with Crippen molar-refractivity contribution in [3.63, 3.8) is 0 Å². The summed E-state index contributed by atoms with van der Waals surface area (Å²) in [7, 11) is 0.